The topological polar surface area (TPSA) is 88.5 Å². The highest BCUT2D eigenvalue weighted by Gasteiger charge is 2.10. The molecule has 6 heteroatoms. The average Bonchev–Trinajstić information content (AvgIpc) is 2.53. The van der Waals surface area contributed by atoms with E-state index in [2.05, 4.69) is 10.3 Å². The summed E-state index contributed by atoms with van der Waals surface area (Å²) in [5, 5.41) is 11.6. The molecule has 0 saturated heterocycles. The summed E-state index contributed by atoms with van der Waals surface area (Å²) in [5.41, 5.74) is 0.915. The molecule has 2 aromatic rings. The van der Waals surface area contributed by atoms with Gasteiger partial charge in [0.05, 0.1) is 18.4 Å². The maximum absolute atomic E-state index is 11.9. The number of hydrogen-bond donors (Lipinski definition) is 2. The molecule has 0 saturated carbocycles. The highest BCUT2D eigenvalue weighted by atomic mass is 16.5. The minimum absolute atomic E-state index is 0.0307. The molecular weight excluding hydrogens is 284 g/mol. The average molecular weight is 298 g/mol. The van der Waals surface area contributed by atoms with Crippen LogP contribution < -0.4 is 10.1 Å². The second kappa shape index (κ2) is 7.03. The van der Waals surface area contributed by atoms with Crippen LogP contribution >= 0.6 is 0 Å². The quantitative estimate of drug-likeness (QED) is 0.828. The fraction of sp³-hybridized carbons (Fsp3) is 0.0625. The Morgan fingerprint density at radius 3 is 2.73 bits per heavy atom. The number of carboxylic acid groups (broad SMARTS) is 1. The number of nitrogens with zero attached hydrogens (tertiary/aromatic N) is 1. The second-order valence-electron chi connectivity index (χ2n) is 4.28. The SMILES string of the molecule is COc1ncccc1C=CC(=O)Nc1ccccc1C(=O)O. The zero-order valence-corrected chi connectivity index (χ0v) is 11.8. The number of methoxy groups -OCH3 is 1. The first-order valence-corrected chi connectivity index (χ1v) is 6.42. The molecule has 0 aliphatic rings. The summed E-state index contributed by atoms with van der Waals surface area (Å²) >= 11 is 0. The third-order valence-corrected chi connectivity index (χ3v) is 2.82. The molecular formula is C16H14N2O4. The molecule has 6 nitrogen and oxygen atoms in total. The smallest absolute Gasteiger partial charge is 0.337 e. The Labute approximate surface area is 127 Å². The van der Waals surface area contributed by atoms with Crippen LogP contribution in [0, 0.1) is 0 Å². The Hall–Kier alpha value is -3.15. The van der Waals surface area contributed by atoms with Crippen molar-refractivity contribution in [1.82, 2.24) is 4.98 Å². The summed E-state index contributed by atoms with van der Waals surface area (Å²) in [6.45, 7) is 0. The van der Waals surface area contributed by atoms with Crippen molar-refractivity contribution < 1.29 is 19.4 Å². The monoisotopic (exact) mass is 298 g/mol. The van der Waals surface area contributed by atoms with E-state index in [9.17, 15) is 9.59 Å². The summed E-state index contributed by atoms with van der Waals surface area (Å²) in [4.78, 5) is 27.0. The zero-order valence-electron chi connectivity index (χ0n) is 11.8. The van der Waals surface area contributed by atoms with Crippen LogP contribution in [-0.4, -0.2) is 29.1 Å². The first-order chi connectivity index (χ1) is 10.6. The van der Waals surface area contributed by atoms with Crippen LogP contribution in [0.15, 0.2) is 48.7 Å². The van der Waals surface area contributed by atoms with Crippen LogP contribution in [0.5, 0.6) is 5.88 Å². The van der Waals surface area contributed by atoms with Gasteiger partial charge in [0.15, 0.2) is 0 Å². The zero-order chi connectivity index (χ0) is 15.9. The van der Waals surface area contributed by atoms with Crippen LogP contribution in [-0.2, 0) is 4.79 Å². The summed E-state index contributed by atoms with van der Waals surface area (Å²) in [5.74, 6) is -1.15. The van der Waals surface area contributed by atoms with Gasteiger partial charge in [0, 0.05) is 17.8 Å². The van der Waals surface area contributed by atoms with E-state index >= 15 is 0 Å². The van der Waals surface area contributed by atoms with Gasteiger partial charge >= 0.3 is 5.97 Å². The number of carboxylic acids is 1. The Balaban J connectivity index is 2.14. The van der Waals surface area contributed by atoms with Gasteiger partial charge in [-0.05, 0) is 30.3 Å². The van der Waals surface area contributed by atoms with E-state index in [0.29, 0.717) is 11.4 Å². The summed E-state index contributed by atoms with van der Waals surface area (Å²) < 4.78 is 5.07. The van der Waals surface area contributed by atoms with Gasteiger partial charge in [0.1, 0.15) is 0 Å². The highest BCUT2D eigenvalue weighted by molar-refractivity contribution is 6.06. The number of carbonyl (C=O) groups excluding carboxylic acids is 1. The number of anilines is 1. The van der Waals surface area contributed by atoms with Gasteiger partial charge in [-0.3, -0.25) is 4.79 Å². The lowest BCUT2D eigenvalue weighted by molar-refractivity contribution is -0.111. The number of ether oxygens (including phenoxy) is 1. The lowest BCUT2D eigenvalue weighted by Crippen LogP contribution is -2.11. The van der Waals surface area contributed by atoms with Crippen molar-refractivity contribution in [3.63, 3.8) is 0 Å². The Kier molecular flexibility index (Phi) is 4.87. The minimum Gasteiger partial charge on any atom is -0.481 e. The third kappa shape index (κ3) is 3.69. The molecule has 1 aromatic carbocycles. The van der Waals surface area contributed by atoms with Gasteiger partial charge in [-0.1, -0.05) is 12.1 Å². The van der Waals surface area contributed by atoms with E-state index in [1.165, 1.54) is 25.3 Å². The normalized spacial score (nSPS) is 10.4. The standard InChI is InChI=1S/C16H14N2O4/c1-22-15-11(5-4-10-17-15)8-9-14(19)18-13-7-3-2-6-12(13)16(20)21/h2-10H,1H3,(H,18,19)(H,20,21). The summed E-state index contributed by atoms with van der Waals surface area (Å²) in [6.07, 6.45) is 4.42. The fourth-order valence-corrected chi connectivity index (χ4v) is 1.82. The van der Waals surface area contributed by atoms with Crippen LogP contribution in [0.3, 0.4) is 0 Å². The van der Waals surface area contributed by atoms with Crippen molar-refractivity contribution in [1.29, 1.82) is 0 Å². The largest absolute Gasteiger partial charge is 0.481 e. The molecule has 112 valence electrons. The van der Waals surface area contributed by atoms with Gasteiger partial charge in [-0.15, -0.1) is 0 Å². The number of hydrogen-bond acceptors (Lipinski definition) is 4. The van der Waals surface area contributed by atoms with E-state index in [1.807, 2.05) is 0 Å². The first kappa shape index (κ1) is 15.2. The van der Waals surface area contributed by atoms with Crippen molar-refractivity contribution in [2.45, 2.75) is 0 Å². The van der Waals surface area contributed by atoms with Crippen molar-refractivity contribution in [3.8, 4) is 5.88 Å². The minimum atomic E-state index is -1.10. The highest BCUT2D eigenvalue weighted by Crippen LogP contribution is 2.17. The van der Waals surface area contributed by atoms with E-state index < -0.39 is 11.9 Å². The molecule has 0 fully saturated rings. The maximum atomic E-state index is 11.9. The van der Waals surface area contributed by atoms with Gasteiger partial charge in [-0.25, -0.2) is 9.78 Å². The number of rotatable bonds is 5. The molecule has 1 amide bonds. The number of aromatic nitrogens is 1. The molecule has 22 heavy (non-hydrogen) atoms. The van der Waals surface area contributed by atoms with E-state index in [-0.39, 0.29) is 11.3 Å². The number of nitrogens with one attached hydrogen (secondary N) is 1. The van der Waals surface area contributed by atoms with Crippen LogP contribution in [0.1, 0.15) is 15.9 Å². The number of pyridine rings is 1. The molecule has 2 N–H and O–H groups in total. The molecule has 0 atom stereocenters. The number of benzene rings is 1. The number of aromatic carboxylic acids is 1. The molecule has 0 aliphatic carbocycles. The summed E-state index contributed by atoms with van der Waals surface area (Å²) in [6, 6.07) is 9.66. The molecule has 0 spiro atoms. The first-order valence-electron chi connectivity index (χ1n) is 6.42. The third-order valence-electron chi connectivity index (χ3n) is 2.82. The van der Waals surface area contributed by atoms with Crippen LogP contribution in [0.4, 0.5) is 5.69 Å². The molecule has 0 radical (unpaired) electrons. The van der Waals surface area contributed by atoms with E-state index in [1.54, 1.807) is 36.5 Å². The van der Waals surface area contributed by atoms with Gasteiger partial charge in [0.25, 0.3) is 0 Å². The lowest BCUT2D eigenvalue weighted by Gasteiger charge is -2.06. The molecule has 2 rings (SSSR count). The molecule has 0 bridgehead atoms. The van der Waals surface area contributed by atoms with Crippen LogP contribution in [0.25, 0.3) is 6.08 Å². The van der Waals surface area contributed by atoms with Crippen molar-refractivity contribution in [2.24, 2.45) is 0 Å². The Morgan fingerprint density at radius 2 is 2.00 bits per heavy atom. The lowest BCUT2D eigenvalue weighted by atomic mass is 10.2. The van der Waals surface area contributed by atoms with E-state index in [0.717, 1.165) is 0 Å². The Bertz CT molecular complexity index is 726. The number of carbonyl (C=O) groups is 2. The summed E-state index contributed by atoms with van der Waals surface area (Å²) in [7, 11) is 1.49. The molecule has 0 aliphatic heterocycles. The van der Waals surface area contributed by atoms with Crippen LogP contribution in [0.2, 0.25) is 0 Å². The Morgan fingerprint density at radius 1 is 1.23 bits per heavy atom. The van der Waals surface area contributed by atoms with E-state index in [4.69, 9.17) is 9.84 Å². The van der Waals surface area contributed by atoms with Crippen molar-refractivity contribution in [3.05, 3.63) is 59.8 Å². The number of para-hydroxylation sites is 1. The van der Waals surface area contributed by atoms with Gasteiger partial charge in [0.2, 0.25) is 11.8 Å². The van der Waals surface area contributed by atoms with Crippen molar-refractivity contribution >= 4 is 23.6 Å². The molecule has 1 heterocycles. The van der Waals surface area contributed by atoms with Gasteiger partial charge in [-0.2, -0.15) is 0 Å². The van der Waals surface area contributed by atoms with Gasteiger partial charge < -0.3 is 15.2 Å². The predicted octanol–water partition coefficient (Wildman–Crippen LogP) is 2.44. The van der Waals surface area contributed by atoms with Crippen molar-refractivity contribution in [2.75, 3.05) is 12.4 Å². The maximum Gasteiger partial charge on any atom is 0.337 e. The predicted molar refractivity (Wildman–Crippen MR) is 81.9 cm³/mol. The molecule has 0 unspecified atom stereocenters. The fourth-order valence-electron chi connectivity index (χ4n) is 1.82. The number of amides is 1. The molecule has 1 aromatic heterocycles. The second-order valence-corrected chi connectivity index (χ2v) is 4.28.